The van der Waals surface area contributed by atoms with Gasteiger partial charge in [-0.1, -0.05) is 0 Å². The maximum Gasteiger partial charge on any atom is 0.231 e. The summed E-state index contributed by atoms with van der Waals surface area (Å²) in [6.45, 7) is 5.74. The zero-order chi connectivity index (χ0) is 23.5. The lowest BCUT2D eigenvalue weighted by Gasteiger charge is -2.33. The van der Waals surface area contributed by atoms with Gasteiger partial charge in [0.15, 0.2) is 11.5 Å². The molecule has 1 N–H and O–H groups in total. The van der Waals surface area contributed by atoms with Crippen LogP contribution in [0.25, 0.3) is 11.1 Å². The van der Waals surface area contributed by atoms with Gasteiger partial charge in [0, 0.05) is 25.2 Å². The summed E-state index contributed by atoms with van der Waals surface area (Å²) in [6, 6.07) is 3.69. The summed E-state index contributed by atoms with van der Waals surface area (Å²) in [5.74, 6) is 3.18. The number of nitrogens with zero attached hydrogens (tertiary/aromatic N) is 3. The van der Waals surface area contributed by atoms with Crippen molar-refractivity contribution in [3.63, 3.8) is 0 Å². The van der Waals surface area contributed by atoms with Crippen LogP contribution in [-0.4, -0.2) is 50.3 Å². The average Bonchev–Trinajstić information content (AvgIpc) is 3.15. The normalized spacial score (nSPS) is 16.0. The van der Waals surface area contributed by atoms with Crippen LogP contribution in [0.15, 0.2) is 22.9 Å². The Morgan fingerprint density at radius 3 is 2.55 bits per heavy atom. The fourth-order valence-electron chi connectivity index (χ4n) is 4.36. The van der Waals surface area contributed by atoms with E-state index in [0.717, 1.165) is 47.5 Å². The number of nitrogens with one attached hydrogen (secondary N) is 1. The van der Waals surface area contributed by atoms with Crippen molar-refractivity contribution in [2.24, 2.45) is 5.92 Å². The number of rotatable bonds is 7. The lowest BCUT2D eigenvalue weighted by molar-refractivity contribution is -0.125. The second kappa shape index (κ2) is 9.56. The standard InChI is InChI=1S/C24H30N4O5/c1-14-15(2)33-24-20(14)22(26-13-27-24)28-8-6-7-17(12-28)23(29)25-11-16-9-18(30-3)21(32-5)19(10-16)31-4/h9-10,13,17H,6-8,11-12H2,1-5H3,(H,25,29)/t17-/m1/s1. The predicted octanol–water partition coefficient (Wildman–Crippen LogP) is 3.40. The van der Waals surface area contributed by atoms with Crippen LogP contribution < -0.4 is 24.4 Å². The highest BCUT2D eigenvalue weighted by Crippen LogP contribution is 2.38. The van der Waals surface area contributed by atoms with Crippen molar-refractivity contribution in [1.29, 1.82) is 0 Å². The number of methoxy groups -OCH3 is 3. The molecule has 1 amide bonds. The highest BCUT2D eigenvalue weighted by atomic mass is 16.5. The lowest BCUT2D eigenvalue weighted by atomic mass is 9.96. The maximum atomic E-state index is 13.0. The van der Waals surface area contributed by atoms with Gasteiger partial charge >= 0.3 is 0 Å². The first kappa shape index (κ1) is 22.7. The Morgan fingerprint density at radius 1 is 1.15 bits per heavy atom. The Balaban J connectivity index is 1.47. The molecule has 176 valence electrons. The average molecular weight is 455 g/mol. The van der Waals surface area contributed by atoms with E-state index in [1.165, 1.54) is 6.33 Å². The molecule has 9 heteroatoms. The van der Waals surface area contributed by atoms with E-state index in [1.807, 2.05) is 26.0 Å². The van der Waals surface area contributed by atoms with E-state index in [4.69, 9.17) is 18.6 Å². The second-order valence-electron chi connectivity index (χ2n) is 8.20. The third-order valence-electron chi connectivity index (χ3n) is 6.23. The van der Waals surface area contributed by atoms with Crippen LogP contribution >= 0.6 is 0 Å². The molecular formula is C24H30N4O5. The highest BCUT2D eigenvalue weighted by Gasteiger charge is 2.28. The van der Waals surface area contributed by atoms with E-state index in [9.17, 15) is 4.79 Å². The van der Waals surface area contributed by atoms with Crippen LogP contribution in [0, 0.1) is 19.8 Å². The molecule has 1 saturated heterocycles. The quantitative estimate of drug-likeness (QED) is 0.580. The smallest absolute Gasteiger partial charge is 0.231 e. The Morgan fingerprint density at radius 2 is 1.88 bits per heavy atom. The molecule has 4 rings (SSSR count). The number of aromatic nitrogens is 2. The number of carbonyl (C=O) groups is 1. The summed E-state index contributed by atoms with van der Waals surface area (Å²) in [7, 11) is 4.71. The van der Waals surface area contributed by atoms with E-state index in [1.54, 1.807) is 21.3 Å². The monoisotopic (exact) mass is 454 g/mol. The van der Waals surface area contributed by atoms with Gasteiger partial charge in [0.1, 0.15) is 17.9 Å². The van der Waals surface area contributed by atoms with Gasteiger partial charge in [-0.2, -0.15) is 0 Å². The summed E-state index contributed by atoms with van der Waals surface area (Å²) in [5.41, 5.74) is 2.49. The number of aryl methyl sites for hydroxylation is 2. The van der Waals surface area contributed by atoms with Crippen LogP contribution in [0.1, 0.15) is 29.7 Å². The van der Waals surface area contributed by atoms with E-state index >= 15 is 0 Å². The zero-order valence-corrected chi connectivity index (χ0v) is 19.7. The topological polar surface area (TPSA) is 99.0 Å². The first-order chi connectivity index (χ1) is 16.0. The molecular weight excluding hydrogens is 424 g/mol. The summed E-state index contributed by atoms with van der Waals surface area (Å²) in [5, 5.41) is 3.99. The van der Waals surface area contributed by atoms with Gasteiger partial charge in [-0.05, 0) is 44.4 Å². The van der Waals surface area contributed by atoms with Gasteiger partial charge in [-0.25, -0.2) is 9.97 Å². The van der Waals surface area contributed by atoms with Gasteiger partial charge in [0.2, 0.25) is 17.4 Å². The second-order valence-corrected chi connectivity index (χ2v) is 8.20. The summed E-state index contributed by atoms with van der Waals surface area (Å²) < 4.78 is 21.9. The Labute approximate surface area is 193 Å². The molecule has 0 aliphatic carbocycles. The molecule has 0 saturated carbocycles. The molecule has 3 heterocycles. The summed E-state index contributed by atoms with van der Waals surface area (Å²) in [4.78, 5) is 24.0. The molecule has 0 bridgehead atoms. The highest BCUT2D eigenvalue weighted by molar-refractivity contribution is 5.90. The zero-order valence-electron chi connectivity index (χ0n) is 19.7. The molecule has 1 atom stereocenters. The van der Waals surface area contributed by atoms with Crippen molar-refractivity contribution >= 4 is 22.8 Å². The van der Waals surface area contributed by atoms with Gasteiger partial charge in [-0.3, -0.25) is 4.79 Å². The van der Waals surface area contributed by atoms with E-state index in [-0.39, 0.29) is 11.8 Å². The number of piperidine rings is 1. The van der Waals surface area contributed by atoms with Crippen molar-refractivity contribution in [3.05, 3.63) is 35.3 Å². The number of hydrogen-bond donors (Lipinski definition) is 1. The van der Waals surface area contributed by atoms with Crippen molar-refractivity contribution in [3.8, 4) is 17.2 Å². The molecule has 3 aromatic rings. The molecule has 0 unspecified atom stereocenters. The Kier molecular flexibility index (Phi) is 6.57. The number of hydrogen-bond acceptors (Lipinski definition) is 8. The third kappa shape index (κ3) is 4.40. The summed E-state index contributed by atoms with van der Waals surface area (Å²) >= 11 is 0. The van der Waals surface area contributed by atoms with E-state index < -0.39 is 0 Å². The molecule has 2 aromatic heterocycles. The molecule has 0 spiro atoms. The van der Waals surface area contributed by atoms with Crippen molar-refractivity contribution in [2.45, 2.75) is 33.2 Å². The molecule has 1 aromatic carbocycles. The van der Waals surface area contributed by atoms with Crippen LogP contribution in [0.3, 0.4) is 0 Å². The molecule has 33 heavy (non-hydrogen) atoms. The molecule has 1 aliphatic heterocycles. The predicted molar refractivity (Wildman–Crippen MR) is 124 cm³/mol. The SMILES string of the molecule is COc1cc(CNC(=O)[C@@H]2CCCN(c3ncnc4oc(C)c(C)c34)C2)cc(OC)c1OC. The third-order valence-corrected chi connectivity index (χ3v) is 6.23. The lowest BCUT2D eigenvalue weighted by Crippen LogP contribution is -2.43. The molecule has 1 fully saturated rings. The minimum Gasteiger partial charge on any atom is -0.493 e. The summed E-state index contributed by atoms with van der Waals surface area (Å²) in [6.07, 6.45) is 3.26. The number of carbonyl (C=O) groups excluding carboxylic acids is 1. The van der Waals surface area contributed by atoms with Crippen molar-refractivity contribution in [2.75, 3.05) is 39.3 Å². The van der Waals surface area contributed by atoms with Crippen molar-refractivity contribution in [1.82, 2.24) is 15.3 Å². The van der Waals surface area contributed by atoms with Crippen LogP contribution in [0.2, 0.25) is 0 Å². The number of anilines is 1. The number of ether oxygens (including phenoxy) is 3. The largest absolute Gasteiger partial charge is 0.493 e. The van der Waals surface area contributed by atoms with Crippen LogP contribution in [0.5, 0.6) is 17.2 Å². The fourth-order valence-corrected chi connectivity index (χ4v) is 4.36. The number of benzene rings is 1. The first-order valence-electron chi connectivity index (χ1n) is 11.0. The molecule has 9 nitrogen and oxygen atoms in total. The number of amides is 1. The van der Waals surface area contributed by atoms with Crippen LogP contribution in [-0.2, 0) is 11.3 Å². The van der Waals surface area contributed by atoms with Gasteiger partial charge in [-0.15, -0.1) is 0 Å². The fraction of sp³-hybridized carbons (Fsp3) is 0.458. The molecule has 1 aliphatic rings. The van der Waals surface area contributed by atoms with Crippen LogP contribution in [0.4, 0.5) is 5.82 Å². The van der Waals surface area contributed by atoms with E-state index in [2.05, 4.69) is 20.2 Å². The number of fused-ring (bicyclic) bond motifs is 1. The molecule has 0 radical (unpaired) electrons. The Bertz CT molecular complexity index is 1130. The van der Waals surface area contributed by atoms with E-state index in [0.29, 0.717) is 36.1 Å². The number of furan rings is 1. The van der Waals surface area contributed by atoms with Gasteiger partial charge in [0.25, 0.3) is 0 Å². The minimum absolute atomic E-state index is 0.0128. The minimum atomic E-state index is -0.140. The van der Waals surface area contributed by atoms with Gasteiger partial charge in [0.05, 0.1) is 32.6 Å². The van der Waals surface area contributed by atoms with Gasteiger partial charge < -0.3 is 28.8 Å². The Hall–Kier alpha value is -3.49. The maximum absolute atomic E-state index is 13.0. The first-order valence-corrected chi connectivity index (χ1v) is 11.0. The van der Waals surface area contributed by atoms with Crippen molar-refractivity contribution < 1.29 is 23.4 Å².